The van der Waals surface area contributed by atoms with Gasteiger partial charge >= 0.3 is 0 Å². The molecule has 0 saturated heterocycles. The number of ether oxygens (including phenoxy) is 1. The van der Waals surface area contributed by atoms with Crippen molar-refractivity contribution in [2.45, 2.75) is 6.92 Å². The van der Waals surface area contributed by atoms with E-state index in [1.165, 1.54) is 0 Å². The van der Waals surface area contributed by atoms with Crippen LogP contribution in [0.15, 0.2) is 5.10 Å². The molecular weight excluding hydrogens is 144 g/mol. The lowest BCUT2D eigenvalue weighted by Crippen LogP contribution is -2.37. The largest absolute Gasteiger partial charge is 0.380 e. The molecule has 0 saturated carbocycles. The molecule has 66 valence electrons. The molecule has 0 heterocycles. The smallest absolute Gasteiger partial charge is 0.213 e. The molecule has 0 aromatic heterocycles. The van der Waals surface area contributed by atoms with Gasteiger partial charge in [-0.25, -0.2) is 0 Å². The zero-order chi connectivity index (χ0) is 8.69. The van der Waals surface area contributed by atoms with E-state index in [0.717, 1.165) is 0 Å². The zero-order valence-electron chi connectivity index (χ0n) is 7.08. The molecule has 0 aromatic carbocycles. The summed E-state index contributed by atoms with van der Waals surface area (Å²) in [5, 5.41) is 3.33. The number of hydrogen-bond donors (Lipinski definition) is 2. The minimum Gasteiger partial charge on any atom is -0.380 e. The van der Waals surface area contributed by atoms with Gasteiger partial charge in [0.05, 0.1) is 6.61 Å². The minimum absolute atomic E-state index is 0.324. The van der Waals surface area contributed by atoms with Gasteiger partial charge in [-0.15, -0.1) is 5.10 Å². The minimum atomic E-state index is 0.324. The van der Waals surface area contributed by atoms with E-state index < -0.39 is 0 Å². The quantitative estimate of drug-likeness (QED) is 0.184. The van der Waals surface area contributed by atoms with Crippen LogP contribution in [0.25, 0.3) is 0 Å². The Kier molecular flexibility index (Phi) is 5.28. The van der Waals surface area contributed by atoms with Gasteiger partial charge in [0.2, 0.25) is 5.96 Å². The fourth-order valence-corrected chi connectivity index (χ4v) is 0.559. The fourth-order valence-electron chi connectivity index (χ4n) is 0.559. The lowest BCUT2D eigenvalue weighted by atomic mass is 10.6. The van der Waals surface area contributed by atoms with Gasteiger partial charge in [-0.2, -0.15) is 0 Å². The average Bonchev–Trinajstić information content (AvgIpc) is 2.03. The van der Waals surface area contributed by atoms with Gasteiger partial charge < -0.3 is 21.2 Å². The summed E-state index contributed by atoms with van der Waals surface area (Å²) in [7, 11) is 1.81. The van der Waals surface area contributed by atoms with Crippen molar-refractivity contribution in [3.8, 4) is 0 Å². The van der Waals surface area contributed by atoms with Gasteiger partial charge in [0.25, 0.3) is 0 Å². The lowest BCUT2D eigenvalue weighted by Gasteiger charge is -2.16. The molecule has 5 heteroatoms. The molecule has 0 bridgehead atoms. The summed E-state index contributed by atoms with van der Waals surface area (Å²) in [5.41, 5.74) is 5.39. The molecular formula is C6H16N4O. The highest BCUT2D eigenvalue weighted by Crippen LogP contribution is 1.81. The summed E-state index contributed by atoms with van der Waals surface area (Å²) in [6.45, 7) is 4.01. The molecule has 0 rings (SSSR count). The number of nitrogens with two attached hydrogens (primary N) is 2. The monoisotopic (exact) mass is 160 g/mol. The molecule has 0 atom stereocenters. The third-order valence-electron chi connectivity index (χ3n) is 1.30. The Morgan fingerprint density at radius 3 is 2.73 bits per heavy atom. The Labute approximate surface area is 67.0 Å². The molecule has 0 aromatic rings. The summed E-state index contributed by atoms with van der Waals surface area (Å²) in [4.78, 5) is 1.73. The van der Waals surface area contributed by atoms with Crippen LogP contribution in [0.2, 0.25) is 0 Å². The van der Waals surface area contributed by atoms with E-state index >= 15 is 0 Å². The second kappa shape index (κ2) is 5.79. The molecule has 0 amide bonds. The van der Waals surface area contributed by atoms with Gasteiger partial charge in [-0.1, -0.05) is 0 Å². The normalized spacial score (nSPS) is 11.6. The summed E-state index contributed by atoms with van der Waals surface area (Å²) in [6, 6.07) is 0. The standard InChI is InChI=1S/C6H16N4O/c1-3-11-5-4-10(2)6(7)9-8/h3-5,8H2,1-2H3,(H2,7,9). The number of guanidine groups is 1. The predicted molar refractivity (Wildman–Crippen MR) is 44.9 cm³/mol. The maximum Gasteiger partial charge on any atom is 0.213 e. The topological polar surface area (TPSA) is 76.9 Å². The molecule has 0 aliphatic carbocycles. The lowest BCUT2D eigenvalue weighted by molar-refractivity contribution is 0.136. The van der Waals surface area contributed by atoms with Crippen molar-refractivity contribution in [1.29, 1.82) is 0 Å². The molecule has 0 aliphatic heterocycles. The number of likely N-dealkylation sites (N-methyl/N-ethyl adjacent to an activating group) is 1. The van der Waals surface area contributed by atoms with E-state index in [9.17, 15) is 0 Å². The maximum atomic E-state index is 5.39. The van der Waals surface area contributed by atoms with E-state index in [2.05, 4.69) is 5.10 Å². The van der Waals surface area contributed by atoms with Crippen molar-refractivity contribution in [3.63, 3.8) is 0 Å². The number of rotatable bonds is 4. The van der Waals surface area contributed by atoms with Gasteiger partial charge in [0.1, 0.15) is 0 Å². The summed E-state index contributed by atoms with van der Waals surface area (Å²) < 4.78 is 5.11. The van der Waals surface area contributed by atoms with Crippen molar-refractivity contribution in [2.75, 3.05) is 26.8 Å². The third kappa shape index (κ3) is 4.44. The SMILES string of the molecule is CCOCCN(C)C(N)=NN. The van der Waals surface area contributed by atoms with E-state index in [0.29, 0.717) is 25.7 Å². The average molecular weight is 160 g/mol. The Balaban J connectivity index is 3.44. The van der Waals surface area contributed by atoms with Crippen LogP contribution in [0.5, 0.6) is 0 Å². The third-order valence-corrected chi connectivity index (χ3v) is 1.30. The maximum absolute atomic E-state index is 5.39. The van der Waals surface area contributed by atoms with Crippen molar-refractivity contribution in [3.05, 3.63) is 0 Å². The Morgan fingerprint density at radius 1 is 1.64 bits per heavy atom. The Morgan fingerprint density at radius 2 is 2.27 bits per heavy atom. The first-order valence-electron chi connectivity index (χ1n) is 3.54. The van der Waals surface area contributed by atoms with Gasteiger partial charge in [0, 0.05) is 20.2 Å². The van der Waals surface area contributed by atoms with Crippen LogP contribution in [0.4, 0.5) is 0 Å². The molecule has 0 fully saturated rings. The first-order valence-corrected chi connectivity index (χ1v) is 3.54. The van der Waals surface area contributed by atoms with Crippen LogP contribution in [0.3, 0.4) is 0 Å². The van der Waals surface area contributed by atoms with E-state index in [4.69, 9.17) is 16.3 Å². The van der Waals surface area contributed by atoms with Crippen molar-refractivity contribution < 1.29 is 4.74 Å². The highest BCUT2D eigenvalue weighted by molar-refractivity contribution is 5.77. The number of hydrazone groups is 1. The van der Waals surface area contributed by atoms with Crippen LogP contribution in [0, 0.1) is 0 Å². The Bertz CT molecular complexity index is 126. The fraction of sp³-hybridized carbons (Fsp3) is 0.833. The highest BCUT2D eigenvalue weighted by atomic mass is 16.5. The van der Waals surface area contributed by atoms with Crippen molar-refractivity contribution in [2.24, 2.45) is 16.7 Å². The summed E-state index contributed by atoms with van der Waals surface area (Å²) in [6.07, 6.45) is 0. The summed E-state index contributed by atoms with van der Waals surface area (Å²) >= 11 is 0. The zero-order valence-corrected chi connectivity index (χ0v) is 7.08. The molecule has 4 N–H and O–H groups in total. The van der Waals surface area contributed by atoms with Gasteiger partial charge in [-0.3, -0.25) is 0 Å². The van der Waals surface area contributed by atoms with E-state index in [1.807, 2.05) is 14.0 Å². The van der Waals surface area contributed by atoms with Crippen LogP contribution in [0.1, 0.15) is 6.92 Å². The van der Waals surface area contributed by atoms with Crippen molar-refractivity contribution >= 4 is 5.96 Å². The highest BCUT2D eigenvalue weighted by Gasteiger charge is 1.98. The second-order valence-electron chi connectivity index (χ2n) is 2.11. The van der Waals surface area contributed by atoms with E-state index in [-0.39, 0.29) is 0 Å². The first kappa shape index (κ1) is 10.0. The summed E-state index contributed by atoms with van der Waals surface area (Å²) in [5.74, 6) is 5.28. The van der Waals surface area contributed by atoms with E-state index in [1.54, 1.807) is 4.90 Å². The Hall–Kier alpha value is -0.970. The van der Waals surface area contributed by atoms with Crippen LogP contribution in [-0.2, 0) is 4.74 Å². The van der Waals surface area contributed by atoms with Gasteiger partial charge in [0.15, 0.2) is 0 Å². The van der Waals surface area contributed by atoms with Crippen molar-refractivity contribution in [1.82, 2.24) is 4.90 Å². The molecule has 0 aliphatic rings. The van der Waals surface area contributed by atoms with Gasteiger partial charge in [-0.05, 0) is 6.92 Å². The second-order valence-corrected chi connectivity index (χ2v) is 2.11. The molecule has 5 nitrogen and oxygen atoms in total. The van der Waals surface area contributed by atoms with Crippen LogP contribution in [-0.4, -0.2) is 37.7 Å². The number of hydrogen-bond acceptors (Lipinski definition) is 3. The van der Waals surface area contributed by atoms with Crippen LogP contribution < -0.4 is 11.6 Å². The first-order chi connectivity index (χ1) is 5.22. The van der Waals surface area contributed by atoms with Crippen LogP contribution >= 0.6 is 0 Å². The molecule has 0 unspecified atom stereocenters. The molecule has 0 radical (unpaired) electrons. The molecule has 0 spiro atoms. The number of nitrogens with zero attached hydrogens (tertiary/aromatic N) is 2. The predicted octanol–water partition coefficient (Wildman–Crippen LogP) is -0.857. The molecule has 11 heavy (non-hydrogen) atoms.